The maximum atomic E-state index is 12.6. The first kappa shape index (κ1) is 24.2. The average molecular weight is 485 g/mol. The Labute approximate surface area is 209 Å². The molecule has 6 heteroatoms. The van der Waals surface area contributed by atoms with E-state index in [1.807, 2.05) is 42.5 Å². The van der Waals surface area contributed by atoms with Crippen molar-refractivity contribution < 1.29 is 14.6 Å². The van der Waals surface area contributed by atoms with Gasteiger partial charge in [-0.05, 0) is 36.6 Å². The summed E-state index contributed by atoms with van der Waals surface area (Å²) in [6.45, 7) is 2.54. The molecule has 3 aromatic carbocycles. The molecule has 1 heterocycles. The summed E-state index contributed by atoms with van der Waals surface area (Å²) in [6, 6.07) is 30.3. The third-order valence-corrected chi connectivity index (χ3v) is 6.61. The van der Waals surface area contributed by atoms with E-state index in [1.165, 1.54) is 22.5 Å². The van der Waals surface area contributed by atoms with Crippen molar-refractivity contribution in [1.82, 2.24) is 0 Å². The van der Waals surface area contributed by atoms with Gasteiger partial charge in [0.1, 0.15) is 10.6 Å². The highest BCUT2D eigenvalue weighted by molar-refractivity contribution is 7.18. The minimum atomic E-state index is -0.562. The monoisotopic (exact) mass is 484 g/mol. The van der Waals surface area contributed by atoms with E-state index in [1.54, 1.807) is 13.1 Å². The van der Waals surface area contributed by atoms with Crippen molar-refractivity contribution in [3.63, 3.8) is 0 Å². The lowest BCUT2D eigenvalue weighted by Gasteiger charge is -2.17. The zero-order valence-corrected chi connectivity index (χ0v) is 20.4. The van der Waals surface area contributed by atoms with Crippen molar-refractivity contribution in [2.75, 3.05) is 18.5 Å². The van der Waals surface area contributed by atoms with Gasteiger partial charge in [0, 0.05) is 24.4 Å². The Morgan fingerprint density at radius 1 is 0.971 bits per heavy atom. The molecule has 35 heavy (non-hydrogen) atoms. The van der Waals surface area contributed by atoms with Crippen LogP contribution in [0.1, 0.15) is 45.6 Å². The molecule has 178 valence electrons. The molecule has 0 amide bonds. The van der Waals surface area contributed by atoms with Gasteiger partial charge < -0.3 is 15.2 Å². The molecule has 0 radical (unpaired) electrons. The van der Waals surface area contributed by atoms with Gasteiger partial charge in [0.2, 0.25) is 0 Å². The van der Waals surface area contributed by atoms with Crippen molar-refractivity contribution in [2.24, 2.45) is 4.99 Å². The average Bonchev–Trinajstić information content (AvgIpc) is 3.20. The highest BCUT2D eigenvalue weighted by Gasteiger charge is 2.24. The van der Waals surface area contributed by atoms with E-state index >= 15 is 0 Å². The molecule has 0 unspecified atom stereocenters. The van der Waals surface area contributed by atoms with E-state index in [-0.39, 0.29) is 23.8 Å². The van der Waals surface area contributed by atoms with E-state index in [2.05, 4.69) is 58.8 Å². The van der Waals surface area contributed by atoms with Crippen molar-refractivity contribution in [3.8, 4) is 5.75 Å². The minimum Gasteiger partial charge on any atom is -0.505 e. The first-order valence-electron chi connectivity index (χ1n) is 11.6. The van der Waals surface area contributed by atoms with Crippen LogP contribution < -0.4 is 5.32 Å². The number of esters is 1. The van der Waals surface area contributed by atoms with Crippen LogP contribution >= 0.6 is 11.3 Å². The summed E-state index contributed by atoms with van der Waals surface area (Å²) in [6.07, 6.45) is 2.46. The number of carbonyl (C=O) groups is 1. The summed E-state index contributed by atoms with van der Waals surface area (Å²) in [5.74, 6) is -0.456. The molecule has 0 bridgehead atoms. The quantitative estimate of drug-likeness (QED) is 0.187. The molecule has 4 rings (SSSR count). The molecule has 0 spiro atoms. The fourth-order valence-corrected chi connectivity index (χ4v) is 4.91. The summed E-state index contributed by atoms with van der Waals surface area (Å²) >= 11 is 1.28. The Bertz CT molecular complexity index is 1220. The van der Waals surface area contributed by atoms with Crippen LogP contribution in [0, 0.1) is 0 Å². The maximum absolute atomic E-state index is 12.6. The smallest absolute Gasteiger partial charge is 0.344 e. The normalized spacial score (nSPS) is 11.1. The number of para-hydroxylation sites is 1. The van der Waals surface area contributed by atoms with Gasteiger partial charge >= 0.3 is 5.97 Å². The molecule has 4 aromatic rings. The minimum absolute atomic E-state index is 0.113. The molecule has 0 fully saturated rings. The number of nitrogens with zero attached hydrogens (tertiary/aromatic N) is 1. The maximum Gasteiger partial charge on any atom is 0.344 e. The van der Waals surface area contributed by atoms with E-state index < -0.39 is 5.97 Å². The molecule has 0 saturated heterocycles. The number of aromatic hydroxyl groups is 1. The second kappa shape index (κ2) is 12.0. The van der Waals surface area contributed by atoms with Gasteiger partial charge in [-0.25, -0.2) is 4.79 Å². The number of thiophene rings is 1. The first-order valence-corrected chi connectivity index (χ1v) is 12.4. The summed E-state index contributed by atoms with van der Waals surface area (Å²) in [5, 5.41) is 14.6. The summed E-state index contributed by atoms with van der Waals surface area (Å²) in [5.41, 5.74) is 3.43. The fourth-order valence-electron chi connectivity index (χ4n) is 3.91. The first-order chi connectivity index (χ1) is 17.2. The van der Waals surface area contributed by atoms with Crippen molar-refractivity contribution in [2.45, 2.75) is 19.3 Å². The number of nitrogens with one attached hydrogen (secondary N) is 1. The van der Waals surface area contributed by atoms with Gasteiger partial charge in [-0.3, -0.25) is 4.99 Å². The molecular weight excluding hydrogens is 456 g/mol. The van der Waals surface area contributed by atoms with Crippen molar-refractivity contribution in [3.05, 3.63) is 113 Å². The van der Waals surface area contributed by atoms with Crippen LogP contribution in [0.3, 0.4) is 0 Å². The van der Waals surface area contributed by atoms with Crippen LogP contribution in [0.15, 0.2) is 96.0 Å². The Morgan fingerprint density at radius 2 is 1.54 bits per heavy atom. The zero-order valence-electron chi connectivity index (χ0n) is 19.6. The lowest BCUT2D eigenvalue weighted by Crippen LogP contribution is -2.06. The van der Waals surface area contributed by atoms with E-state index in [0.29, 0.717) is 16.4 Å². The van der Waals surface area contributed by atoms with E-state index in [9.17, 15) is 9.90 Å². The summed E-state index contributed by atoms with van der Waals surface area (Å²) in [7, 11) is 0. The SMILES string of the molecule is CCOC(=O)c1c(Nc2ccccc2)sc(C=NCCC(c2ccccc2)c2ccccc2)c1O. The number of hydrogen-bond acceptors (Lipinski definition) is 6. The predicted molar refractivity (Wildman–Crippen MR) is 143 cm³/mol. The van der Waals surface area contributed by atoms with Crippen molar-refractivity contribution >= 4 is 34.2 Å². The van der Waals surface area contributed by atoms with Crippen LogP contribution in [0.4, 0.5) is 10.7 Å². The Hall–Kier alpha value is -3.90. The summed E-state index contributed by atoms with van der Waals surface area (Å²) < 4.78 is 5.18. The highest BCUT2D eigenvalue weighted by atomic mass is 32.1. The molecule has 0 aliphatic heterocycles. The number of hydrogen-bond donors (Lipinski definition) is 2. The second-order valence-corrected chi connectivity index (χ2v) is 8.98. The fraction of sp³-hybridized carbons (Fsp3) is 0.172. The van der Waals surface area contributed by atoms with Gasteiger partial charge in [0.05, 0.1) is 11.5 Å². The van der Waals surface area contributed by atoms with Crippen LogP contribution in [-0.2, 0) is 4.74 Å². The lowest BCUT2D eigenvalue weighted by atomic mass is 9.89. The van der Waals surface area contributed by atoms with Gasteiger partial charge in [0.25, 0.3) is 0 Å². The predicted octanol–water partition coefficient (Wildman–Crippen LogP) is 7.02. The molecule has 5 nitrogen and oxygen atoms in total. The van der Waals surface area contributed by atoms with Crippen molar-refractivity contribution in [1.29, 1.82) is 0 Å². The molecule has 1 aromatic heterocycles. The number of ether oxygens (including phenoxy) is 1. The van der Waals surface area contributed by atoms with Gasteiger partial charge in [0.15, 0.2) is 5.75 Å². The molecule has 2 N–H and O–H groups in total. The number of aliphatic imine (C=N–C) groups is 1. The number of carbonyl (C=O) groups excluding carboxylic acids is 1. The number of benzene rings is 3. The molecule has 0 atom stereocenters. The largest absolute Gasteiger partial charge is 0.505 e. The Kier molecular flexibility index (Phi) is 8.30. The van der Waals surface area contributed by atoms with Crippen LogP contribution in [0.5, 0.6) is 5.75 Å². The number of anilines is 2. The van der Waals surface area contributed by atoms with E-state index in [0.717, 1.165) is 12.1 Å². The summed E-state index contributed by atoms with van der Waals surface area (Å²) in [4.78, 5) is 17.7. The third-order valence-electron chi connectivity index (χ3n) is 5.58. The third kappa shape index (κ3) is 6.16. The molecule has 0 saturated carbocycles. The van der Waals surface area contributed by atoms with Crippen LogP contribution in [-0.4, -0.2) is 30.4 Å². The van der Waals surface area contributed by atoms with Crippen LogP contribution in [0.2, 0.25) is 0 Å². The van der Waals surface area contributed by atoms with Gasteiger partial charge in [-0.1, -0.05) is 78.9 Å². The molecule has 0 aliphatic carbocycles. The molecular formula is C29H28N2O3S. The van der Waals surface area contributed by atoms with Crippen LogP contribution in [0.25, 0.3) is 0 Å². The number of rotatable bonds is 10. The molecule has 0 aliphatic rings. The topological polar surface area (TPSA) is 70.9 Å². The Balaban J connectivity index is 1.53. The zero-order chi connectivity index (χ0) is 24.5. The van der Waals surface area contributed by atoms with E-state index in [4.69, 9.17) is 4.74 Å². The highest BCUT2D eigenvalue weighted by Crippen LogP contribution is 2.40. The Morgan fingerprint density at radius 3 is 2.11 bits per heavy atom. The van der Waals surface area contributed by atoms with Gasteiger partial charge in [-0.2, -0.15) is 0 Å². The standard InChI is InChI=1S/C29H28N2O3S/c1-2-34-29(33)26-27(32)25(35-28(26)31-23-16-10-5-11-17-23)20-30-19-18-24(21-12-6-3-7-13-21)22-14-8-4-9-15-22/h3-17,20,24,31-32H,2,18-19H2,1H3. The van der Waals surface area contributed by atoms with Gasteiger partial charge in [-0.15, -0.1) is 11.3 Å². The second-order valence-electron chi connectivity index (χ2n) is 7.93. The lowest BCUT2D eigenvalue weighted by molar-refractivity contribution is 0.0525.